The van der Waals surface area contributed by atoms with Crippen molar-refractivity contribution >= 4 is 21.9 Å². The van der Waals surface area contributed by atoms with Crippen LogP contribution >= 0.6 is 15.9 Å². The van der Waals surface area contributed by atoms with Crippen molar-refractivity contribution in [2.45, 2.75) is 13.5 Å². The van der Waals surface area contributed by atoms with Gasteiger partial charge in [-0.15, -0.1) is 0 Å². The summed E-state index contributed by atoms with van der Waals surface area (Å²) in [6.45, 7) is 0.921. The predicted molar refractivity (Wildman–Crippen MR) is 49.5 cm³/mol. The van der Waals surface area contributed by atoms with Gasteiger partial charge in [0.25, 0.3) is 0 Å². The van der Waals surface area contributed by atoms with Crippen molar-refractivity contribution in [2.24, 2.45) is 0 Å². The molecule has 0 radical (unpaired) electrons. The molecule has 0 fully saturated rings. The molecule has 5 heteroatoms. The summed E-state index contributed by atoms with van der Waals surface area (Å²) in [5.74, 6) is -1.74. The summed E-state index contributed by atoms with van der Waals surface area (Å²) in [6.07, 6.45) is 0. The summed E-state index contributed by atoms with van der Waals surface area (Å²) < 4.78 is 30.6. The maximum absolute atomic E-state index is 13.1. The molecule has 0 spiro atoms. The highest BCUT2D eigenvalue weighted by molar-refractivity contribution is 9.10. The number of carbonyl (C=O) groups excluding carboxylic acids is 1. The lowest BCUT2D eigenvalue weighted by atomic mass is 10.2. The fraction of sp³-hybridized carbons (Fsp3) is 0.222. The zero-order chi connectivity index (χ0) is 10.7. The molecule has 1 rings (SSSR count). The van der Waals surface area contributed by atoms with Crippen molar-refractivity contribution < 1.29 is 18.3 Å². The van der Waals surface area contributed by atoms with Gasteiger partial charge in [0.05, 0.1) is 4.47 Å². The molecule has 0 atom stereocenters. The molecule has 0 aliphatic carbocycles. The zero-order valence-corrected chi connectivity index (χ0v) is 8.90. The van der Waals surface area contributed by atoms with Gasteiger partial charge in [-0.3, -0.25) is 4.79 Å². The van der Waals surface area contributed by atoms with E-state index in [9.17, 15) is 13.6 Å². The molecule has 14 heavy (non-hydrogen) atoms. The van der Waals surface area contributed by atoms with Crippen LogP contribution in [-0.4, -0.2) is 5.97 Å². The number of hydrogen-bond donors (Lipinski definition) is 0. The zero-order valence-electron chi connectivity index (χ0n) is 7.31. The first-order valence-electron chi connectivity index (χ1n) is 3.78. The van der Waals surface area contributed by atoms with Crippen LogP contribution in [0.2, 0.25) is 0 Å². The van der Waals surface area contributed by atoms with E-state index in [1.165, 1.54) is 6.92 Å². The lowest BCUT2D eigenvalue weighted by molar-refractivity contribution is -0.142. The molecule has 0 N–H and O–H groups in total. The topological polar surface area (TPSA) is 26.3 Å². The molecule has 0 saturated carbocycles. The quantitative estimate of drug-likeness (QED) is 0.607. The molecular weight excluding hydrogens is 258 g/mol. The molecule has 0 bridgehead atoms. The van der Waals surface area contributed by atoms with E-state index in [0.29, 0.717) is 0 Å². The molecule has 1 aromatic rings. The number of rotatable bonds is 2. The number of benzene rings is 1. The van der Waals surface area contributed by atoms with Gasteiger partial charge in [0.15, 0.2) is 0 Å². The second-order valence-corrected chi connectivity index (χ2v) is 3.39. The Balaban J connectivity index is 2.95. The van der Waals surface area contributed by atoms with Crippen LogP contribution in [0.4, 0.5) is 8.78 Å². The summed E-state index contributed by atoms with van der Waals surface area (Å²) >= 11 is 2.87. The lowest BCUT2D eigenvalue weighted by Gasteiger charge is -2.06. The van der Waals surface area contributed by atoms with Crippen LogP contribution in [0.1, 0.15) is 12.5 Å². The Morgan fingerprint density at radius 3 is 2.57 bits per heavy atom. The molecule has 2 nitrogen and oxygen atoms in total. The van der Waals surface area contributed by atoms with E-state index in [1.54, 1.807) is 0 Å². The molecule has 76 valence electrons. The Labute approximate surface area is 88.0 Å². The molecule has 1 aromatic carbocycles. The normalized spacial score (nSPS) is 10.0. The molecule has 0 aliphatic rings. The van der Waals surface area contributed by atoms with Gasteiger partial charge in [-0.2, -0.15) is 0 Å². The number of hydrogen-bond acceptors (Lipinski definition) is 2. The van der Waals surface area contributed by atoms with Crippen LogP contribution < -0.4 is 0 Å². The summed E-state index contributed by atoms with van der Waals surface area (Å²) in [6, 6.07) is 1.98. The average molecular weight is 265 g/mol. The second kappa shape index (κ2) is 4.50. The van der Waals surface area contributed by atoms with Crippen molar-refractivity contribution in [3.05, 3.63) is 33.8 Å². The van der Waals surface area contributed by atoms with Crippen LogP contribution in [0, 0.1) is 11.6 Å². The van der Waals surface area contributed by atoms with Crippen LogP contribution in [0.15, 0.2) is 16.6 Å². The van der Waals surface area contributed by atoms with E-state index in [0.717, 1.165) is 12.1 Å². The van der Waals surface area contributed by atoms with E-state index < -0.39 is 17.6 Å². The summed E-state index contributed by atoms with van der Waals surface area (Å²) in [4.78, 5) is 10.5. The third kappa shape index (κ3) is 2.51. The standard InChI is InChI=1S/C9H7BrF2O2/c1-5(13)14-4-6-7(11)2-3-8(12)9(6)10/h2-3H,4H2,1H3. The van der Waals surface area contributed by atoms with Crippen molar-refractivity contribution in [2.75, 3.05) is 0 Å². The number of carbonyl (C=O) groups is 1. The molecule has 0 amide bonds. The van der Waals surface area contributed by atoms with Crippen molar-refractivity contribution in [1.82, 2.24) is 0 Å². The van der Waals surface area contributed by atoms with E-state index in [2.05, 4.69) is 20.7 Å². The van der Waals surface area contributed by atoms with Crippen molar-refractivity contribution in [3.63, 3.8) is 0 Å². The van der Waals surface area contributed by atoms with Crippen LogP contribution in [-0.2, 0) is 16.1 Å². The first-order valence-corrected chi connectivity index (χ1v) is 4.57. The molecule has 0 saturated heterocycles. The fourth-order valence-corrected chi connectivity index (χ4v) is 1.31. The van der Waals surface area contributed by atoms with Gasteiger partial charge in [-0.1, -0.05) is 0 Å². The first kappa shape index (κ1) is 11.1. The van der Waals surface area contributed by atoms with E-state index in [-0.39, 0.29) is 16.6 Å². The maximum atomic E-state index is 13.1. The minimum Gasteiger partial charge on any atom is -0.461 e. The fourth-order valence-electron chi connectivity index (χ4n) is 0.875. The SMILES string of the molecule is CC(=O)OCc1c(F)ccc(F)c1Br. The highest BCUT2D eigenvalue weighted by atomic mass is 79.9. The second-order valence-electron chi connectivity index (χ2n) is 2.60. The van der Waals surface area contributed by atoms with Gasteiger partial charge >= 0.3 is 5.97 Å². The van der Waals surface area contributed by atoms with Gasteiger partial charge in [0, 0.05) is 12.5 Å². The van der Waals surface area contributed by atoms with Gasteiger partial charge in [-0.05, 0) is 28.1 Å². The minimum atomic E-state index is -0.612. The Hall–Kier alpha value is -0.970. The van der Waals surface area contributed by atoms with E-state index in [4.69, 9.17) is 0 Å². The Morgan fingerprint density at radius 2 is 2.00 bits per heavy atom. The van der Waals surface area contributed by atoms with Gasteiger partial charge in [0.2, 0.25) is 0 Å². The maximum Gasteiger partial charge on any atom is 0.302 e. The van der Waals surface area contributed by atoms with Gasteiger partial charge < -0.3 is 4.74 Å². The molecular formula is C9H7BrF2O2. The van der Waals surface area contributed by atoms with Crippen molar-refractivity contribution in [1.29, 1.82) is 0 Å². The summed E-state index contributed by atoms with van der Waals surface area (Å²) in [5.41, 5.74) is 0.000185. The predicted octanol–water partition coefficient (Wildman–Crippen LogP) is 2.79. The lowest BCUT2D eigenvalue weighted by Crippen LogP contribution is -2.02. The van der Waals surface area contributed by atoms with Crippen molar-refractivity contribution in [3.8, 4) is 0 Å². The molecule has 0 unspecified atom stereocenters. The van der Waals surface area contributed by atoms with Gasteiger partial charge in [-0.25, -0.2) is 8.78 Å². The molecule has 0 heterocycles. The first-order chi connectivity index (χ1) is 6.52. The Bertz CT molecular complexity index is 366. The summed E-state index contributed by atoms with van der Waals surface area (Å²) in [7, 11) is 0. The third-order valence-corrected chi connectivity index (χ3v) is 2.42. The number of esters is 1. The minimum absolute atomic E-state index is 0.000185. The summed E-state index contributed by atoms with van der Waals surface area (Å²) in [5, 5.41) is 0. The molecule has 0 aromatic heterocycles. The smallest absolute Gasteiger partial charge is 0.302 e. The third-order valence-electron chi connectivity index (χ3n) is 1.56. The highest BCUT2D eigenvalue weighted by Crippen LogP contribution is 2.23. The van der Waals surface area contributed by atoms with Crippen LogP contribution in [0.5, 0.6) is 0 Å². The highest BCUT2D eigenvalue weighted by Gasteiger charge is 2.12. The number of ether oxygens (including phenoxy) is 1. The van der Waals surface area contributed by atoms with E-state index in [1.807, 2.05) is 0 Å². The largest absolute Gasteiger partial charge is 0.461 e. The molecule has 0 aliphatic heterocycles. The number of halogens is 3. The monoisotopic (exact) mass is 264 g/mol. The van der Waals surface area contributed by atoms with Crippen LogP contribution in [0.3, 0.4) is 0 Å². The van der Waals surface area contributed by atoms with E-state index >= 15 is 0 Å². The van der Waals surface area contributed by atoms with Crippen LogP contribution in [0.25, 0.3) is 0 Å². The van der Waals surface area contributed by atoms with Gasteiger partial charge in [0.1, 0.15) is 18.2 Å². The average Bonchev–Trinajstić information content (AvgIpc) is 2.11. The Kier molecular flexibility index (Phi) is 3.57. The Morgan fingerprint density at radius 1 is 1.43 bits per heavy atom.